The molecular weight excluding hydrogens is 201 g/mol. The van der Waals surface area contributed by atoms with Gasteiger partial charge in [0.25, 0.3) is 0 Å². The van der Waals surface area contributed by atoms with Crippen LogP contribution in [0.1, 0.15) is 0 Å². The topological polar surface area (TPSA) is 38.0 Å². The molecule has 0 aliphatic carbocycles. The van der Waals surface area contributed by atoms with E-state index in [9.17, 15) is 0 Å². The zero-order valence-electron chi connectivity index (χ0n) is 6.04. The van der Waals surface area contributed by atoms with Gasteiger partial charge >= 0.3 is 0 Å². The number of hydrogen-bond donors (Lipinski definition) is 2. The van der Waals surface area contributed by atoms with Gasteiger partial charge in [-0.25, -0.2) is 0 Å². The first-order valence-electron chi connectivity index (χ1n) is 2.45. The van der Waals surface area contributed by atoms with Gasteiger partial charge in [-0.15, -0.1) is 0 Å². The first kappa shape index (κ1) is 12.7. The minimum Gasteiger partial charge on any atom is -0.358 e. The molecule has 0 bridgehead atoms. The summed E-state index contributed by atoms with van der Waals surface area (Å²) >= 11 is 0. The zero-order chi connectivity index (χ0) is 5.82. The Hall–Kier alpha value is 0.0839. The fraction of sp³-hybridized carbons (Fsp3) is 0. The summed E-state index contributed by atoms with van der Waals surface area (Å²) < 4.78 is 0. The number of hydrazine groups is 1. The van der Waals surface area contributed by atoms with Crippen LogP contribution in [0, 0.1) is 7.43 Å². The molecule has 0 aromatic heterocycles. The monoisotopic (exact) mass is 212 g/mol. The third-order valence-corrected chi connectivity index (χ3v) is 0.940. The number of hydrogen-bond acceptors (Lipinski definition) is 2. The number of para-hydroxylation sites is 1. The Morgan fingerprint density at radius 1 is 1.10 bits per heavy atom. The number of anilines is 1. The molecular formula is C7H11N2Y-. The van der Waals surface area contributed by atoms with Crippen molar-refractivity contribution < 1.29 is 32.7 Å². The Kier molecular flexibility index (Phi) is 9.16. The normalized spacial score (nSPS) is 6.90. The second-order valence-electron chi connectivity index (χ2n) is 1.51. The molecule has 1 rings (SSSR count). The maximum absolute atomic E-state index is 5.10. The average Bonchev–Trinajstić information content (AvgIpc) is 1.90. The Morgan fingerprint density at radius 3 is 1.90 bits per heavy atom. The minimum atomic E-state index is 0. The molecule has 0 saturated heterocycles. The van der Waals surface area contributed by atoms with Crippen LogP contribution in [0.3, 0.4) is 0 Å². The van der Waals surface area contributed by atoms with E-state index in [1.54, 1.807) is 0 Å². The van der Waals surface area contributed by atoms with Crippen molar-refractivity contribution in [3.63, 3.8) is 0 Å². The van der Waals surface area contributed by atoms with Crippen molar-refractivity contribution in [1.82, 2.24) is 0 Å². The van der Waals surface area contributed by atoms with Crippen LogP contribution in [-0.4, -0.2) is 0 Å². The van der Waals surface area contributed by atoms with E-state index in [2.05, 4.69) is 5.43 Å². The van der Waals surface area contributed by atoms with Gasteiger partial charge in [0.05, 0.1) is 0 Å². The van der Waals surface area contributed by atoms with Crippen molar-refractivity contribution in [3.8, 4) is 0 Å². The van der Waals surface area contributed by atoms with E-state index in [0.29, 0.717) is 0 Å². The van der Waals surface area contributed by atoms with E-state index in [0.717, 1.165) is 5.69 Å². The molecule has 0 saturated carbocycles. The summed E-state index contributed by atoms with van der Waals surface area (Å²) in [6.45, 7) is 0. The molecule has 3 heteroatoms. The van der Waals surface area contributed by atoms with Crippen LogP contribution in [0.5, 0.6) is 0 Å². The van der Waals surface area contributed by atoms with Crippen molar-refractivity contribution in [2.24, 2.45) is 5.84 Å². The first-order valence-corrected chi connectivity index (χ1v) is 2.45. The first-order chi connectivity index (χ1) is 3.93. The smallest absolute Gasteiger partial charge is 0.0485 e. The van der Waals surface area contributed by atoms with Crippen molar-refractivity contribution in [2.45, 2.75) is 0 Å². The molecule has 0 unspecified atom stereocenters. The minimum absolute atomic E-state index is 0. The zero-order valence-corrected chi connectivity index (χ0v) is 8.88. The van der Waals surface area contributed by atoms with Crippen LogP contribution < -0.4 is 11.3 Å². The quantitative estimate of drug-likeness (QED) is 0.419. The van der Waals surface area contributed by atoms with Gasteiger partial charge in [-0.2, -0.15) is 0 Å². The molecule has 1 aromatic rings. The van der Waals surface area contributed by atoms with Crippen LogP contribution in [0.2, 0.25) is 0 Å². The molecule has 53 valence electrons. The van der Waals surface area contributed by atoms with Crippen molar-refractivity contribution in [2.75, 3.05) is 5.43 Å². The van der Waals surface area contributed by atoms with E-state index in [4.69, 9.17) is 5.84 Å². The fourth-order valence-corrected chi connectivity index (χ4v) is 0.534. The largest absolute Gasteiger partial charge is 0.358 e. The van der Waals surface area contributed by atoms with Crippen LogP contribution in [0.15, 0.2) is 30.3 Å². The predicted molar refractivity (Wildman–Crippen MR) is 40.7 cm³/mol. The second kappa shape index (κ2) is 7.19. The van der Waals surface area contributed by atoms with E-state index in [-0.39, 0.29) is 40.1 Å². The van der Waals surface area contributed by atoms with Crippen LogP contribution in [-0.2, 0) is 32.7 Å². The summed E-state index contributed by atoms with van der Waals surface area (Å²) in [7, 11) is 0. The number of nitrogens with two attached hydrogens (primary N) is 1. The van der Waals surface area contributed by atoms with Gasteiger partial charge in [0.1, 0.15) is 0 Å². The summed E-state index contributed by atoms with van der Waals surface area (Å²) in [6, 6.07) is 9.60. The molecule has 0 spiro atoms. The Balaban J connectivity index is 0. The van der Waals surface area contributed by atoms with Crippen LogP contribution in [0.4, 0.5) is 5.69 Å². The van der Waals surface area contributed by atoms with Gasteiger partial charge in [0.2, 0.25) is 0 Å². The summed E-state index contributed by atoms with van der Waals surface area (Å²) in [6.07, 6.45) is 0. The van der Waals surface area contributed by atoms with Crippen LogP contribution in [0.25, 0.3) is 0 Å². The van der Waals surface area contributed by atoms with Crippen molar-refractivity contribution in [1.29, 1.82) is 0 Å². The average molecular weight is 212 g/mol. The van der Waals surface area contributed by atoms with Gasteiger partial charge in [-0.05, 0) is 12.1 Å². The van der Waals surface area contributed by atoms with Gasteiger partial charge in [-0.1, -0.05) is 18.2 Å². The summed E-state index contributed by atoms with van der Waals surface area (Å²) in [4.78, 5) is 0. The van der Waals surface area contributed by atoms with Crippen LogP contribution >= 0.6 is 0 Å². The van der Waals surface area contributed by atoms with Gasteiger partial charge < -0.3 is 12.9 Å². The molecule has 0 aliphatic heterocycles. The molecule has 0 amide bonds. The van der Waals surface area contributed by atoms with Gasteiger partial charge in [-0.3, -0.25) is 5.84 Å². The molecule has 10 heavy (non-hydrogen) atoms. The summed E-state index contributed by atoms with van der Waals surface area (Å²) in [5, 5.41) is 0. The van der Waals surface area contributed by atoms with Crippen molar-refractivity contribution in [3.05, 3.63) is 37.8 Å². The molecule has 0 aliphatic rings. The molecule has 3 N–H and O–H groups in total. The summed E-state index contributed by atoms with van der Waals surface area (Å²) in [5.74, 6) is 5.10. The maximum Gasteiger partial charge on any atom is 0.0485 e. The second-order valence-corrected chi connectivity index (χ2v) is 1.51. The molecule has 2 nitrogen and oxygen atoms in total. The molecule has 0 heterocycles. The molecule has 1 radical (unpaired) electrons. The third kappa shape index (κ3) is 3.99. The number of benzene rings is 1. The SMILES string of the molecule is NNc1ccccc1.[CH3-].[Y]. The Labute approximate surface area is 87.0 Å². The van der Waals surface area contributed by atoms with Gasteiger partial charge in [0.15, 0.2) is 0 Å². The Bertz CT molecular complexity index is 153. The Morgan fingerprint density at radius 2 is 1.60 bits per heavy atom. The van der Waals surface area contributed by atoms with E-state index >= 15 is 0 Å². The molecule has 0 fully saturated rings. The number of nitrogen functional groups attached to an aromatic ring is 1. The number of nitrogens with one attached hydrogen (secondary N) is 1. The third-order valence-electron chi connectivity index (χ3n) is 0.940. The van der Waals surface area contributed by atoms with E-state index in [1.807, 2.05) is 30.3 Å². The summed E-state index contributed by atoms with van der Waals surface area (Å²) in [5.41, 5.74) is 3.46. The standard InChI is InChI=1S/C6H8N2.CH3.Y/c7-8-6-4-2-1-3-5-6;;/h1-5,8H,7H2;1H3;/q;-1;. The molecule has 1 aromatic carbocycles. The fourth-order valence-electron chi connectivity index (χ4n) is 0.534. The number of rotatable bonds is 1. The van der Waals surface area contributed by atoms with Crippen molar-refractivity contribution >= 4 is 5.69 Å². The predicted octanol–water partition coefficient (Wildman–Crippen LogP) is 1.42. The maximum atomic E-state index is 5.10. The van der Waals surface area contributed by atoms with E-state index in [1.165, 1.54) is 0 Å². The molecule has 0 atom stereocenters. The van der Waals surface area contributed by atoms with Gasteiger partial charge in [0, 0.05) is 38.4 Å². The van der Waals surface area contributed by atoms with E-state index < -0.39 is 0 Å².